The predicted octanol–water partition coefficient (Wildman–Crippen LogP) is 2.86. The molecule has 1 heterocycles. The Morgan fingerprint density at radius 2 is 1.09 bits per heavy atom. The van der Waals surface area contributed by atoms with Crippen LogP contribution in [0.4, 0.5) is 0 Å². The molecular formula is C22H44N4O4S2. The molecule has 0 aromatic rings. The summed E-state index contributed by atoms with van der Waals surface area (Å²) in [5.41, 5.74) is 0. The highest BCUT2D eigenvalue weighted by Gasteiger charge is 2.26. The van der Waals surface area contributed by atoms with Gasteiger partial charge in [-0.25, -0.2) is 0 Å². The third kappa shape index (κ3) is 11.7. The lowest BCUT2D eigenvalue weighted by atomic mass is 10.0. The lowest BCUT2D eigenvalue weighted by Gasteiger charge is -2.23. The molecule has 4 unspecified atom stereocenters. The van der Waals surface area contributed by atoms with E-state index in [2.05, 4.69) is 32.0 Å². The Bertz CT molecular complexity index is 765. The second-order valence-electron chi connectivity index (χ2n) is 9.41. The van der Waals surface area contributed by atoms with Crippen LogP contribution in [0.2, 0.25) is 0 Å². The van der Waals surface area contributed by atoms with Crippen molar-refractivity contribution in [3.63, 3.8) is 0 Å². The molecule has 0 aromatic carbocycles. The van der Waals surface area contributed by atoms with E-state index in [1.807, 2.05) is 67.5 Å². The van der Waals surface area contributed by atoms with Gasteiger partial charge in [-0.3, -0.25) is 0 Å². The highest BCUT2D eigenvalue weighted by molar-refractivity contribution is 7.87. The van der Waals surface area contributed by atoms with Gasteiger partial charge >= 0.3 is 0 Å². The van der Waals surface area contributed by atoms with E-state index in [9.17, 15) is 16.8 Å². The lowest BCUT2D eigenvalue weighted by Crippen LogP contribution is -2.48. The molecule has 0 spiro atoms. The van der Waals surface area contributed by atoms with E-state index in [4.69, 9.17) is 0 Å². The summed E-state index contributed by atoms with van der Waals surface area (Å²) >= 11 is 0. The highest BCUT2D eigenvalue weighted by Crippen LogP contribution is 2.13. The minimum atomic E-state index is -3.54. The van der Waals surface area contributed by atoms with E-state index < -0.39 is 20.4 Å². The fourth-order valence-corrected chi connectivity index (χ4v) is 5.74. The smallest absolute Gasteiger partial charge is 0.195 e. The van der Waals surface area contributed by atoms with Gasteiger partial charge in [0, 0.05) is 24.2 Å². The molecule has 1 aliphatic heterocycles. The summed E-state index contributed by atoms with van der Waals surface area (Å²) in [6, 6.07) is -0.784. The van der Waals surface area contributed by atoms with Crippen molar-refractivity contribution in [1.29, 1.82) is 0 Å². The van der Waals surface area contributed by atoms with Gasteiger partial charge in [-0.1, -0.05) is 79.7 Å². The van der Waals surface area contributed by atoms with Crippen LogP contribution in [0, 0.1) is 23.7 Å². The molecule has 0 fully saturated rings. The quantitative estimate of drug-likeness (QED) is 0.351. The Morgan fingerprint density at radius 3 is 1.31 bits per heavy atom. The van der Waals surface area contributed by atoms with Crippen molar-refractivity contribution in [2.45, 2.75) is 79.6 Å². The first-order valence-electron chi connectivity index (χ1n) is 11.1. The van der Waals surface area contributed by atoms with Crippen molar-refractivity contribution < 1.29 is 16.8 Å². The van der Waals surface area contributed by atoms with Gasteiger partial charge in [-0.05, 0) is 23.7 Å². The van der Waals surface area contributed by atoms with Gasteiger partial charge in [0.2, 0.25) is 0 Å². The van der Waals surface area contributed by atoms with Crippen molar-refractivity contribution in [1.82, 2.24) is 18.9 Å². The molecule has 4 N–H and O–H groups in total. The Kier molecular flexibility index (Phi) is 13.2. The van der Waals surface area contributed by atoms with Gasteiger partial charge < -0.3 is 0 Å². The van der Waals surface area contributed by atoms with Crippen LogP contribution in [0.1, 0.15) is 55.4 Å². The fraction of sp³-hybridized carbons (Fsp3) is 0.727. The van der Waals surface area contributed by atoms with E-state index in [1.165, 1.54) is 0 Å². The van der Waals surface area contributed by atoms with Gasteiger partial charge in [-0.2, -0.15) is 35.7 Å². The molecule has 0 aromatic heterocycles. The van der Waals surface area contributed by atoms with Crippen LogP contribution >= 0.6 is 0 Å². The Hall–Kier alpha value is -1.04. The molecule has 1 rings (SSSR count). The summed E-state index contributed by atoms with van der Waals surface area (Å²) < 4.78 is 57.3. The number of hydrogen-bond donors (Lipinski definition) is 4. The van der Waals surface area contributed by atoms with Gasteiger partial charge in [0.15, 0.2) is 0 Å². The van der Waals surface area contributed by atoms with Crippen molar-refractivity contribution in [2.75, 3.05) is 0 Å². The lowest BCUT2D eigenvalue weighted by molar-refractivity contribution is 0.477. The van der Waals surface area contributed by atoms with Gasteiger partial charge in [0.1, 0.15) is 0 Å². The van der Waals surface area contributed by atoms with Crippen molar-refractivity contribution in [3.05, 3.63) is 37.5 Å². The maximum atomic E-state index is 11.9. The minimum Gasteiger partial charge on any atom is -0.195 e. The third-order valence-corrected chi connectivity index (χ3v) is 7.40. The van der Waals surface area contributed by atoms with Gasteiger partial charge in [-0.15, -0.1) is 13.2 Å². The van der Waals surface area contributed by atoms with E-state index in [0.29, 0.717) is 0 Å². The van der Waals surface area contributed by atoms with Crippen molar-refractivity contribution in [3.8, 4) is 0 Å². The second kappa shape index (κ2) is 13.6. The standard InChI is InChI=1S/C12H24N2O2S.C10H20N2O2S/c1-7-11(9(3)4)13-17(15,16)14-12(8-2)10(5)6;1-7(2)9-5-6-10(8(3)4)12-15(13,14)11-9/h7-14H,1-2H2,3-6H3;5-12H,1-4H3. The average molecular weight is 493 g/mol. The normalized spacial score (nSPS) is 22.9. The van der Waals surface area contributed by atoms with Crippen molar-refractivity contribution >= 4 is 20.4 Å². The zero-order valence-electron chi connectivity index (χ0n) is 20.8. The van der Waals surface area contributed by atoms with E-state index in [0.717, 1.165) is 0 Å². The summed E-state index contributed by atoms with van der Waals surface area (Å²) in [5, 5.41) is 0. The third-order valence-electron chi connectivity index (χ3n) is 5.07. The predicted molar refractivity (Wildman–Crippen MR) is 134 cm³/mol. The monoisotopic (exact) mass is 492 g/mol. The maximum absolute atomic E-state index is 11.9. The zero-order chi connectivity index (χ0) is 25.3. The summed E-state index contributed by atoms with van der Waals surface area (Å²) in [6.45, 7) is 23.0. The van der Waals surface area contributed by atoms with Crippen LogP contribution in [0.15, 0.2) is 37.5 Å². The van der Waals surface area contributed by atoms with Gasteiger partial charge in [0.05, 0.1) is 0 Å². The summed E-state index contributed by atoms with van der Waals surface area (Å²) in [6.07, 6.45) is 7.07. The summed E-state index contributed by atoms with van der Waals surface area (Å²) in [5.74, 6) is 0.822. The number of nitrogens with one attached hydrogen (secondary N) is 4. The van der Waals surface area contributed by atoms with Crippen LogP contribution in [0.5, 0.6) is 0 Å². The highest BCUT2D eigenvalue weighted by atomic mass is 32.2. The molecule has 0 amide bonds. The SMILES string of the molecule is C=CC(NS(=O)(=O)NC(C=C)C(C)C)C(C)C.CC(C)C1C=CC(C(C)C)NS(=O)(=O)N1. The molecule has 8 nitrogen and oxygen atoms in total. The number of rotatable bonds is 10. The molecule has 4 atom stereocenters. The molecule has 1 aliphatic rings. The summed E-state index contributed by atoms with van der Waals surface area (Å²) in [7, 11) is -6.91. The molecular weight excluding hydrogens is 448 g/mol. The van der Waals surface area contributed by atoms with Crippen LogP contribution in [-0.2, 0) is 20.4 Å². The van der Waals surface area contributed by atoms with Crippen LogP contribution in [0.25, 0.3) is 0 Å². The molecule has 0 radical (unpaired) electrons. The van der Waals surface area contributed by atoms with Crippen molar-refractivity contribution in [2.24, 2.45) is 23.7 Å². The molecule has 0 saturated carbocycles. The summed E-state index contributed by atoms with van der Waals surface area (Å²) in [4.78, 5) is 0. The van der Waals surface area contributed by atoms with Crippen LogP contribution in [0.3, 0.4) is 0 Å². The minimum absolute atomic E-state index is 0.119. The molecule has 0 saturated heterocycles. The van der Waals surface area contributed by atoms with Gasteiger partial charge in [0.25, 0.3) is 20.4 Å². The van der Waals surface area contributed by atoms with E-state index in [1.54, 1.807) is 12.2 Å². The fourth-order valence-electron chi connectivity index (χ4n) is 2.73. The average Bonchev–Trinajstić information content (AvgIpc) is 2.82. The van der Waals surface area contributed by atoms with Crippen LogP contribution in [-0.4, -0.2) is 41.0 Å². The topological polar surface area (TPSA) is 116 Å². The van der Waals surface area contributed by atoms with E-state index in [-0.39, 0.29) is 47.8 Å². The first kappa shape index (κ1) is 31.0. The largest absolute Gasteiger partial charge is 0.278 e. The molecule has 32 heavy (non-hydrogen) atoms. The Labute approximate surface area is 196 Å². The molecule has 10 heteroatoms. The van der Waals surface area contributed by atoms with Crippen LogP contribution < -0.4 is 18.9 Å². The Morgan fingerprint density at radius 1 is 0.781 bits per heavy atom. The molecule has 0 aliphatic carbocycles. The molecule has 188 valence electrons. The molecule has 0 bridgehead atoms. The Balaban J connectivity index is 0.000000604. The first-order chi connectivity index (χ1) is 14.5. The maximum Gasteiger partial charge on any atom is 0.278 e. The second-order valence-corrected chi connectivity index (χ2v) is 12.4. The number of hydrogen-bond acceptors (Lipinski definition) is 4. The van der Waals surface area contributed by atoms with E-state index >= 15 is 0 Å². The first-order valence-corrected chi connectivity index (χ1v) is 14.0. The zero-order valence-corrected chi connectivity index (χ0v) is 22.4.